The summed E-state index contributed by atoms with van der Waals surface area (Å²) in [5.74, 6) is -0.178. The van der Waals surface area contributed by atoms with Crippen LogP contribution in [0.1, 0.15) is 35.9 Å². The first kappa shape index (κ1) is 19.3. The van der Waals surface area contributed by atoms with Gasteiger partial charge in [-0.25, -0.2) is 4.39 Å². The van der Waals surface area contributed by atoms with Gasteiger partial charge in [-0.05, 0) is 24.1 Å². The summed E-state index contributed by atoms with van der Waals surface area (Å²) in [6.07, 6.45) is 0. The number of amides is 1. The zero-order valence-electron chi connectivity index (χ0n) is 15.4. The highest BCUT2D eigenvalue weighted by atomic mass is 19.1. The van der Waals surface area contributed by atoms with E-state index < -0.39 is 11.4 Å². The van der Waals surface area contributed by atoms with Crippen LogP contribution in [-0.2, 0) is 4.74 Å². The number of β-amino-alcohol motifs (C(OH)–C–C–N with tert-alkyl or cyclic N) is 1. The second-order valence-electron chi connectivity index (χ2n) is 7.11. The molecule has 1 saturated heterocycles. The molecule has 7 nitrogen and oxygen atoms in total. The Morgan fingerprint density at radius 2 is 2.30 bits per heavy atom. The van der Waals surface area contributed by atoms with Crippen LogP contribution in [0.2, 0.25) is 0 Å². The van der Waals surface area contributed by atoms with E-state index in [0.717, 1.165) is 5.69 Å². The molecule has 1 aromatic heterocycles. The summed E-state index contributed by atoms with van der Waals surface area (Å²) in [7, 11) is 0. The SMILES string of the molecule is CC(C)c1cc(C(=O)N2CCOCC(O)(COc3cccc(F)c3)C2)n[nH]1. The molecule has 3 rings (SSSR count). The molecule has 0 spiro atoms. The van der Waals surface area contributed by atoms with Gasteiger partial charge in [-0.3, -0.25) is 9.89 Å². The normalized spacial score (nSPS) is 20.6. The van der Waals surface area contributed by atoms with Gasteiger partial charge in [0.05, 0.1) is 19.8 Å². The molecule has 1 aliphatic heterocycles. The van der Waals surface area contributed by atoms with Crippen molar-refractivity contribution < 1.29 is 23.8 Å². The van der Waals surface area contributed by atoms with Crippen LogP contribution in [0.4, 0.5) is 4.39 Å². The molecular weight excluding hydrogens is 353 g/mol. The number of carbonyl (C=O) groups excluding carboxylic acids is 1. The van der Waals surface area contributed by atoms with Crippen molar-refractivity contribution in [2.24, 2.45) is 0 Å². The van der Waals surface area contributed by atoms with Gasteiger partial charge in [0, 0.05) is 18.3 Å². The van der Waals surface area contributed by atoms with E-state index in [2.05, 4.69) is 10.2 Å². The molecule has 0 saturated carbocycles. The Labute approximate surface area is 157 Å². The lowest BCUT2D eigenvalue weighted by Gasteiger charge is -2.30. The topological polar surface area (TPSA) is 87.7 Å². The van der Waals surface area contributed by atoms with Crippen LogP contribution in [0, 0.1) is 5.82 Å². The summed E-state index contributed by atoms with van der Waals surface area (Å²) in [6, 6.07) is 7.40. The molecule has 1 amide bonds. The molecule has 2 heterocycles. The minimum atomic E-state index is -1.41. The summed E-state index contributed by atoms with van der Waals surface area (Å²) in [5, 5.41) is 17.8. The molecule has 2 N–H and O–H groups in total. The minimum absolute atomic E-state index is 0.0178. The number of hydrogen-bond donors (Lipinski definition) is 2. The van der Waals surface area contributed by atoms with Crippen molar-refractivity contribution in [3.05, 3.63) is 47.5 Å². The molecule has 0 radical (unpaired) electrons. The molecule has 2 aromatic rings. The number of carbonyl (C=O) groups is 1. The van der Waals surface area contributed by atoms with Gasteiger partial charge in [0.1, 0.15) is 29.5 Å². The summed E-state index contributed by atoms with van der Waals surface area (Å²) in [6.45, 7) is 4.57. The molecule has 0 bridgehead atoms. The third-order valence-corrected chi connectivity index (χ3v) is 4.39. The van der Waals surface area contributed by atoms with Crippen LogP contribution in [0.5, 0.6) is 5.75 Å². The largest absolute Gasteiger partial charge is 0.490 e. The van der Waals surface area contributed by atoms with E-state index in [1.807, 2.05) is 13.8 Å². The summed E-state index contributed by atoms with van der Waals surface area (Å²) >= 11 is 0. The molecule has 0 aliphatic carbocycles. The van der Waals surface area contributed by atoms with Crippen molar-refractivity contribution in [3.63, 3.8) is 0 Å². The van der Waals surface area contributed by atoms with Crippen molar-refractivity contribution in [2.45, 2.75) is 25.4 Å². The third-order valence-electron chi connectivity index (χ3n) is 4.39. The Kier molecular flexibility index (Phi) is 5.76. The zero-order chi connectivity index (χ0) is 19.4. The molecular formula is C19H24FN3O4. The average Bonchev–Trinajstić information content (AvgIpc) is 3.05. The Balaban J connectivity index is 1.68. The summed E-state index contributed by atoms with van der Waals surface area (Å²) in [4.78, 5) is 14.3. The number of nitrogens with one attached hydrogen (secondary N) is 1. The van der Waals surface area contributed by atoms with Gasteiger partial charge in [-0.2, -0.15) is 5.10 Å². The van der Waals surface area contributed by atoms with E-state index in [1.165, 1.54) is 23.1 Å². The third kappa shape index (κ3) is 4.84. The number of H-pyrrole nitrogens is 1. The number of aromatic nitrogens is 2. The van der Waals surface area contributed by atoms with Crippen molar-refractivity contribution in [2.75, 3.05) is 32.9 Å². The van der Waals surface area contributed by atoms with E-state index in [1.54, 1.807) is 12.1 Å². The van der Waals surface area contributed by atoms with E-state index in [-0.39, 0.29) is 31.6 Å². The number of aromatic amines is 1. The average molecular weight is 377 g/mol. The highest BCUT2D eigenvalue weighted by molar-refractivity contribution is 5.92. The van der Waals surface area contributed by atoms with Gasteiger partial charge >= 0.3 is 0 Å². The van der Waals surface area contributed by atoms with Crippen LogP contribution < -0.4 is 4.74 Å². The quantitative estimate of drug-likeness (QED) is 0.832. The van der Waals surface area contributed by atoms with Crippen LogP contribution in [-0.4, -0.2) is 64.6 Å². The van der Waals surface area contributed by atoms with Crippen molar-refractivity contribution in [3.8, 4) is 5.75 Å². The fraction of sp³-hybridized carbons (Fsp3) is 0.474. The molecule has 1 atom stereocenters. The van der Waals surface area contributed by atoms with E-state index in [4.69, 9.17) is 9.47 Å². The summed E-state index contributed by atoms with van der Waals surface area (Å²) in [5.41, 5.74) is -0.238. The lowest BCUT2D eigenvalue weighted by molar-refractivity contribution is -0.0621. The maximum Gasteiger partial charge on any atom is 0.274 e. The van der Waals surface area contributed by atoms with Gasteiger partial charge in [0.15, 0.2) is 0 Å². The molecule has 1 fully saturated rings. The lowest BCUT2D eigenvalue weighted by Crippen LogP contribution is -2.50. The second kappa shape index (κ2) is 8.06. The molecule has 27 heavy (non-hydrogen) atoms. The number of halogens is 1. The minimum Gasteiger partial charge on any atom is -0.490 e. The summed E-state index contributed by atoms with van der Waals surface area (Å²) < 4.78 is 24.3. The molecule has 8 heteroatoms. The Morgan fingerprint density at radius 3 is 3.00 bits per heavy atom. The second-order valence-corrected chi connectivity index (χ2v) is 7.11. The lowest BCUT2D eigenvalue weighted by atomic mass is 10.1. The first-order valence-corrected chi connectivity index (χ1v) is 8.89. The Bertz CT molecular complexity index is 795. The van der Waals surface area contributed by atoms with E-state index in [9.17, 15) is 14.3 Å². The smallest absolute Gasteiger partial charge is 0.274 e. The fourth-order valence-electron chi connectivity index (χ4n) is 2.86. The van der Waals surface area contributed by atoms with Gasteiger partial charge in [-0.15, -0.1) is 0 Å². The standard InChI is InChI=1S/C19H24FN3O4/c1-13(2)16-9-17(22-21-16)18(24)23-6-7-26-11-19(25,10-23)12-27-15-5-3-4-14(20)8-15/h3-5,8-9,13,25H,6-7,10-12H2,1-2H3,(H,21,22). The van der Waals surface area contributed by atoms with Crippen LogP contribution >= 0.6 is 0 Å². The van der Waals surface area contributed by atoms with Gasteiger partial charge in [0.2, 0.25) is 0 Å². The molecule has 1 unspecified atom stereocenters. The Hall–Kier alpha value is -2.45. The van der Waals surface area contributed by atoms with Crippen LogP contribution in [0.15, 0.2) is 30.3 Å². The highest BCUT2D eigenvalue weighted by Crippen LogP contribution is 2.19. The van der Waals surface area contributed by atoms with Crippen molar-refractivity contribution in [1.29, 1.82) is 0 Å². The number of rotatable bonds is 5. The van der Waals surface area contributed by atoms with Crippen LogP contribution in [0.25, 0.3) is 0 Å². The number of ether oxygens (including phenoxy) is 2. The van der Waals surface area contributed by atoms with Crippen LogP contribution in [0.3, 0.4) is 0 Å². The predicted molar refractivity (Wildman–Crippen MR) is 96.2 cm³/mol. The van der Waals surface area contributed by atoms with Gasteiger partial charge in [0.25, 0.3) is 5.91 Å². The first-order chi connectivity index (χ1) is 12.9. The van der Waals surface area contributed by atoms with Crippen molar-refractivity contribution >= 4 is 5.91 Å². The number of aliphatic hydroxyl groups is 1. The Morgan fingerprint density at radius 1 is 1.48 bits per heavy atom. The molecule has 1 aromatic carbocycles. The maximum atomic E-state index is 13.3. The van der Waals surface area contributed by atoms with Gasteiger partial charge < -0.3 is 19.5 Å². The number of hydrogen-bond acceptors (Lipinski definition) is 5. The predicted octanol–water partition coefficient (Wildman–Crippen LogP) is 1.95. The number of benzene rings is 1. The molecule has 1 aliphatic rings. The van der Waals surface area contributed by atoms with E-state index >= 15 is 0 Å². The highest BCUT2D eigenvalue weighted by Gasteiger charge is 2.36. The zero-order valence-corrected chi connectivity index (χ0v) is 15.4. The van der Waals surface area contributed by atoms with Crippen molar-refractivity contribution in [1.82, 2.24) is 15.1 Å². The monoisotopic (exact) mass is 377 g/mol. The van der Waals surface area contributed by atoms with Gasteiger partial charge in [-0.1, -0.05) is 19.9 Å². The maximum absolute atomic E-state index is 13.3. The first-order valence-electron chi connectivity index (χ1n) is 8.89. The van der Waals surface area contributed by atoms with E-state index in [0.29, 0.717) is 24.6 Å². The molecule has 146 valence electrons. The number of nitrogens with zero attached hydrogens (tertiary/aromatic N) is 2. The fourth-order valence-corrected chi connectivity index (χ4v) is 2.86.